The lowest BCUT2D eigenvalue weighted by Crippen LogP contribution is -2.02. The average molecular weight is 442 g/mol. The maximum Gasteiger partial charge on any atom is 0.143 e. The third-order valence-electron chi connectivity index (χ3n) is 6.50. The Balaban J connectivity index is 1.49. The molecule has 0 aliphatic heterocycles. The Labute approximate surface area is 197 Å². The summed E-state index contributed by atoms with van der Waals surface area (Å²) in [6.45, 7) is 1.29. The van der Waals surface area contributed by atoms with Crippen LogP contribution in [0.1, 0.15) is 16.7 Å². The first-order chi connectivity index (χ1) is 16.7. The fourth-order valence-corrected chi connectivity index (χ4v) is 4.93. The van der Waals surface area contributed by atoms with Crippen molar-refractivity contribution in [3.63, 3.8) is 0 Å². The van der Waals surface area contributed by atoms with Gasteiger partial charge in [0.1, 0.15) is 11.2 Å². The quantitative estimate of drug-likeness (QED) is 0.326. The number of aromatic nitrogens is 1. The van der Waals surface area contributed by atoms with Gasteiger partial charge in [-0.2, -0.15) is 5.26 Å². The summed E-state index contributed by atoms with van der Waals surface area (Å²) in [5.74, 6) is 0. The van der Waals surface area contributed by atoms with Crippen LogP contribution in [0.15, 0.2) is 95.5 Å². The number of nitrogens with zero attached hydrogens (tertiary/aromatic N) is 2. The van der Waals surface area contributed by atoms with E-state index in [1.165, 1.54) is 10.9 Å². The molecule has 0 aliphatic rings. The third kappa shape index (κ3) is 3.35. The number of hydrogen-bond donors (Lipinski definition) is 1. The van der Waals surface area contributed by atoms with Gasteiger partial charge in [-0.1, -0.05) is 54.6 Å². The Bertz CT molecular complexity index is 1710. The number of nitriles is 1. The second-order valence-corrected chi connectivity index (χ2v) is 8.65. The van der Waals surface area contributed by atoms with E-state index in [0.717, 1.165) is 50.6 Å². The van der Waals surface area contributed by atoms with Crippen LogP contribution in [0.25, 0.3) is 44.0 Å². The molecule has 4 nitrogen and oxygen atoms in total. The highest BCUT2D eigenvalue weighted by Crippen LogP contribution is 2.37. The molecule has 6 aromatic rings. The predicted molar refractivity (Wildman–Crippen MR) is 138 cm³/mol. The molecule has 0 saturated heterocycles. The maximum atomic E-state index is 9.26. The van der Waals surface area contributed by atoms with E-state index in [1.54, 1.807) is 0 Å². The van der Waals surface area contributed by atoms with Crippen LogP contribution in [0.2, 0.25) is 0 Å². The van der Waals surface area contributed by atoms with Crippen LogP contribution in [0, 0.1) is 11.3 Å². The SMILES string of the molecule is N#Cc1cccc(Cn2cc(CCN)c3cc(-c4cccc5c4oc4ccccc45)ccc32)c1. The van der Waals surface area contributed by atoms with E-state index in [2.05, 4.69) is 65.4 Å². The first-order valence-electron chi connectivity index (χ1n) is 11.5. The molecule has 0 unspecified atom stereocenters. The Hall–Kier alpha value is -4.33. The minimum Gasteiger partial charge on any atom is -0.455 e. The van der Waals surface area contributed by atoms with E-state index >= 15 is 0 Å². The van der Waals surface area contributed by atoms with Crippen molar-refractivity contribution in [2.24, 2.45) is 5.73 Å². The van der Waals surface area contributed by atoms with Gasteiger partial charge >= 0.3 is 0 Å². The average Bonchev–Trinajstić information content (AvgIpc) is 3.42. The molecular formula is C30H23N3O. The summed E-state index contributed by atoms with van der Waals surface area (Å²) < 4.78 is 8.53. The number of furan rings is 1. The Morgan fingerprint density at radius 2 is 1.71 bits per heavy atom. The van der Waals surface area contributed by atoms with Gasteiger partial charge in [0.05, 0.1) is 11.6 Å². The normalized spacial score (nSPS) is 11.4. The van der Waals surface area contributed by atoms with Crippen molar-refractivity contribution in [3.8, 4) is 17.2 Å². The van der Waals surface area contributed by atoms with E-state index in [4.69, 9.17) is 10.2 Å². The minimum atomic E-state index is 0.590. The molecule has 2 N–H and O–H groups in total. The summed E-state index contributed by atoms with van der Waals surface area (Å²) in [6.07, 6.45) is 3.00. The Morgan fingerprint density at radius 3 is 2.59 bits per heavy atom. The topological polar surface area (TPSA) is 67.9 Å². The zero-order valence-electron chi connectivity index (χ0n) is 18.7. The number of rotatable bonds is 5. The fraction of sp³-hybridized carbons (Fsp3) is 0.100. The van der Waals surface area contributed by atoms with E-state index < -0.39 is 0 Å². The summed E-state index contributed by atoms with van der Waals surface area (Å²) in [5.41, 5.74) is 14.2. The molecule has 0 spiro atoms. The van der Waals surface area contributed by atoms with Crippen LogP contribution in [0.3, 0.4) is 0 Å². The summed E-state index contributed by atoms with van der Waals surface area (Å²) >= 11 is 0. The summed E-state index contributed by atoms with van der Waals surface area (Å²) in [4.78, 5) is 0. The van der Waals surface area contributed by atoms with Gasteiger partial charge in [-0.3, -0.25) is 0 Å². The molecule has 4 aromatic carbocycles. The Morgan fingerprint density at radius 1 is 0.853 bits per heavy atom. The highest BCUT2D eigenvalue weighted by atomic mass is 16.3. The molecule has 34 heavy (non-hydrogen) atoms. The monoisotopic (exact) mass is 441 g/mol. The zero-order valence-corrected chi connectivity index (χ0v) is 18.7. The number of nitrogens with two attached hydrogens (primary N) is 1. The van der Waals surface area contributed by atoms with E-state index in [9.17, 15) is 5.26 Å². The molecule has 0 atom stereocenters. The van der Waals surface area contributed by atoms with Gasteiger partial charge in [0.25, 0.3) is 0 Å². The summed E-state index contributed by atoms with van der Waals surface area (Å²) in [7, 11) is 0. The minimum absolute atomic E-state index is 0.590. The van der Waals surface area contributed by atoms with Gasteiger partial charge in [-0.15, -0.1) is 0 Å². The van der Waals surface area contributed by atoms with Crippen molar-refractivity contribution >= 4 is 32.8 Å². The van der Waals surface area contributed by atoms with Crippen LogP contribution in [-0.4, -0.2) is 11.1 Å². The van der Waals surface area contributed by atoms with Gasteiger partial charge in [-0.05, 0) is 60.0 Å². The van der Waals surface area contributed by atoms with Crippen LogP contribution >= 0.6 is 0 Å². The molecule has 0 amide bonds. The van der Waals surface area contributed by atoms with E-state index in [0.29, 0.717) is 18.7 Å². The largest absolute Gasteiger partial charge is 0.455 e. The van der Waals surface area contributed by atoms with Gasteiger partial charge in [-0.25, -0.2) is 0 Å². The number of fused-ring (bicyclic) bond motifs is 4. The van der Waals surface area contributed by atoms with Crippen molar-refractivity contribution < 1.29 is 4.42 Å². The summed E-state index contributed by atoms with van der Waals surface area (Å²) in [6, 6.07) is 31.1. The smallest absolute Gasteiger partial charge is 0.143 e. The van der Waals surface area contributed by atoms with Crippen molar-refractivity contribution in [2.75, 3.05) is 6.54 Å². The Kier molecular flexibility index (Phi) is 4.91. The first-order valence-corrected chi connectivity index (χ1v) is 11.5. The number of benzene rings is 4. The van der Waals surface area contributed by atoms with Crippen LogP contribution < -0.4 is 5.73 Å². The highest BCUT2D eigenvalue weighted by molar-refractivity contribution is 6.10. The van der Waals surface area contributed by atoms with Gasteiger partial charge in [0.2, 0.25) is 0 Å². The fourth-order valence-electron chi connectivity index (χ4n) is 4.93. The second kappa shape index (κ2) is 8.22. The second-order valence-electron chi connectivity index (χ2n) is 8.65. The van der Waals surface area contributed by atoms with Gasteiger partial charge in [0.15, 0.2) is 0 Å². The van der Waals surface area contributed by atoms with Crippen LogP contribution in [0.5, 0.6) is 0 Å². The van der Waals surface area contributed by atoms with Crippen molar-refractivity contribution in [1.82, 2.24) is 4.57 Å². The molecule has 0 radical (unpaired) electrons. The highest BCUT2D eigenvalue weighted by Gasteiger charge is 2.15. The summed E-state index contributed by atoms with van der Waals surface area (Å²) in [5, 5.41) is 12.7. The molecule has 2 aromatic heterocycles. The van der Waals surface area contributed by atoms with E-state index in [1.807, 2.05) is 36.4 Å². The molecule has 4 heteroatoms. The molecular weight excluding hydrogens is 418 g/mol. The molecule has 0 aliphatic carbocycles. The van der Waals surface area contributed by atoms with Crippen molar-refractivity contribution in [1.29, 1.82) is 5.26 Å². The lowest BCUT2D eigenvalue weighted by molar-refractivity contribution is 0.670. The standard InChI is InChI=1S/C30H23N3O/c31-14-13-23-19-33(18-21-6-3-5-20(15-21)17-32)28-12-11-22(16-27(23)28)24-8-4-9-26-25-7-1-2-10-29(25)34-30(24)26/h1-12,15-16,19H,13-14,18,31H2. The van der Waals surface area contributed by atoms with Crippen LogP contribution in [0.4, 0.5) is 0 Å². The molecule has 2 heterocycles. The van der Waals surface area contributed by atoms with Crippen molar-refractivity contribution in [2.45, 2.75) is 13.0 Å². The lowest BCUT2D eigenvalue weighted by Gasteiger charge is -2.08. The number of hydrogen-bond acceptors (Lipinski definition) is 3. The molecule has 0 saturated carbocycles. The lowest BCUT2D eigenvalue weighted by atomic mass is 9.99. The third-order valence-corrected chi connectivity index (χ3v) is 6.50. The first kappa shape index (κ1) is 20.3. The van der Waals surface area contributed by atoms with Crippen LogP contribution in [-0.2, 0) is 13.0 Å². The maximum absolute atomic E-state index is 9.26. The van der Waals surface area contributed by atoms with E-state index in [-0.39, 0.29) is 0 Å². The van der Waals surface area contributed by atoms with Crippen molar-refractivity contribution in [3.05, 3.63) is 108 Å². The predicted octanol–water partition coefficient (Wildman–Crippen LogP) is 6.63. The van der Waals surface area contributed by atoms with Gasteiger partial charge in [0, 0.05) is 40.0 Å². The molecule has 0 bridgehead atoms. The number of para-hydroxylation sites is 2. The molecule has 0 fully saturated rings. The zero-order chi connectivity index (χ0) is 23.1. The molecule has 6 rings (SSSR count). The van der Waals surface area contributed by atoms with Gasteiger partial charge < -0.3 is 14.7 Å². The molecule has 164 valence electrons.